The number of amides is 1. The molecule has 6 heteroatoms. The molecule has 0 spiro atoms. The molecule has 0 aliphatic heterocycles. The molecule has 1 aliphatic rings. The van der Waals surface area contributed by atoms with Crippen molar-refractivity contribution in [2.24, 2.45) is 0 Å². The van der Waals surface area contributed by atoms with Crippen LogP contribution in [0.25, 0.3) is 0 Å². The average Bonchev–Trinajstić information content (AvgIpc) is 2.64. The highest BCUT2D eigenvalue weighted by Crippen LogP contribution is 2.24. The Hall–Kier alpha value is -1.92. The second kappa shape index (κ2) is 8.45. The van der Waals surface area contributed by atoms with Gasteiger partial charge in [-0.1, -0.05) is 19.3 Å². The highest BCUT2D eigenvalue weighted by Gasteiger charge is 2.16. The van der Waals surface area contributed by atoms with Crippen LogP contribution in [0.2, 0.25) is 0 Å². The fourth-order valence-corrected chi connectivity index (χ4v) is 3.70. The van der Waals surface area contributed by atoms with Gasteiger partial charge in [0.25, 0.3) is 5.91 Å². The molecular weight excluding hydrogens is 342 g/mol. The minimum atomic E-state index is -0.582. The van der Waals surface area contributed by atoms with E-state index >= 15 is 0 Å². The number of nitrogens with one attached hydrogen (secondary N) is 2. The van der Waals surface area contributed by atoms with E-state index in [9.17, 15) is 13.6 Å². The predicted molar refractivity (Wildman–Crippen MR) is 96.6 cm³/mol. The van der Waals surface area contributed by atoms with Crippen molar-refractivity contribution in [1.82, 2.24) is 4.72 Å². The standard InChI is InChI=1S/C19H20F2N2OS/c20-13-6-8-14(9-7-13)22-19(24)17-12-16(10-11-18(17)21)25-23-15-4-2-1-3-5-15/h6-12,15,23H,1-5H2,(H,22,24). The van der Waals surface area contributed by atoms with E-state index < -0.39 is 17.5 Å². The first kappa shape index (κ1) is 17.9. The Morgan fingerprint density at radius 3 is 2.44 bits per heavy atom. The van der Waals surface area contributed by atoms with Crippen molar-refractivity contribution >= 4 is 23.5 Å². The highest BCUT2D eigenvalue weighted by molar-refractivity contribution is 7.97. The van der Waals surface area contributed by atoms with E-state index in [4.69, 9.17) is 0 Å². The van der Waals surface area contributed by atoms with Crippen LogP contribution < -0.4 is 10.0 Å². The van der Waals surface area contributed by atoms with Crippen molar-refractivity contribution in [3.63, 3.8) is 0 Å². The van der Waals surface area contributed by atoms with Crippen LogP contribution in [0.3, 0.4) is 0 Å². The molecule has 0 aromatic heterocycles. The minimum Gasteiger partial charge on any atom is -0.322 e. The topological polar surface area (TPSA) is 41.1 Å². The van der Waals surface area contributed by atoms with Crippen LogP contribution >= 0.6 is 11.9 Å². The van der Waals surface area contributed by atoms with E-state index in [1.807, 2.05) is 0 Å². The van der Waals surface area contributed by atoms with Crippen LogP contribution in [0.15, 0.2) is 47.4 Å². The first-order valence-electron chi connectivity index (χ1n) is 8.40. The van der Waals surface area contributed by atoms with E-state index in [2.05, 4.69) is 10.0 Å². The van der Waals surface area contributed by atoms with Gasteiger partial charge >= 0.3 is 0 Å². The fourth-order valence-electron chi connectivity index (χ4n) is 2.85. The first-order valence-corrected chi connectivity index (χ1v) is 9.22. The van der Waals surface area contributed by atoms with Gasteiger partial charge in [-0.15, -0.1) is 0 Å². The molecule has 0 radical (unpaired) electrons. The maximum Gasteiger partial charge on any atom is 0.258 e. The summed E-state index contributed by atoms with van der Waals surface area (Å²) in [6.45, 7) is 0. The van der Waals surface area contributed by atoms with E-state index in [-0.39, 0.29) is 5.56 Å². The molecule has 2 N–H and O–H groups in total. The lowest BCUT2D eigenvalue weighted by Crippen LogP contribution is -2.25. The lowest BCUT2D eigenvalue weighted by atomic mass is 9.96. The number of halogens is 2. The van der Waals surface area contributed by atoms with Gasteiger partial charge in [-0.05, 0) is 67.3 Å². The Bertz CT molecular complexity index is 731. The smallest absolute Gasteiger partial charge is 0.258 e. The van der Waals surface area contributed by atoms with Crippen molar-refractivity contribution in [3.8, 4) is 0 Å². The normalized spacial score (nSPS) is 15.1. The number of benzene rings is 2. The summed E-state index contributed by atoms with van der Waals surface area (Å²) in [6.07, 6.45) is 6.03. The zero-order valence-electron chi connectivity index (χ0n) is 13.7. The molecular formula is C19H20F2N2OS. The van der Waals surface area contributed by atoms with Crippen LogP contribution in [0.4, 0.5) is 14.5 Å². The van der Waals surface area contributed by atoms with E-state index in [1.54, 1.807) is 6.07 Å². The Morgan fingerprint density at radius 1 is 1.00 bits per heavy atom. The van der Waals surface area contributed by atoms with E-state index in [0.29, 0.717) is 11.7 Å². The molecule has 25 heavy (non-hydrogen) atoms. The van der Waals surface area contributed by atoms with Gasteiger partial charge in [0, 0.05) is 16.6 Å². The molecule has 1 fully saturated rings. The van der Waals surface area contributed by atoms with Crippen molar-refractivity contribution in [2.75, 3.05) is 5.32 Å². The maximum absolute atomic E-state index is 14.0. The molecule has 0 unspecified atom stereocenters. The monoisotopic (exact) mass is 362 g/mol. The summed E-state index contributed by atoms with van der Waals surface area (Å²) in [5, 5.41) is 2.58. The van der Waals surface area contributed by atoms with Crippen LogP contribution in [0, 0.1) is 11.6 Å². The number of carbonyl (C=O) groups excluding carboxylic acids is 1. The van der Waals surface area contributed by atoms with Gasteiger partial charge < -0.3 is 5.32 Å². The molecule has 132 valence electrons. The fraction of sp³-hybridized carbons (Fsp3) is 0.316. The number of anilines is 1. The van der Waals surface area contributed by atoms with Gasteiger partial charge in [-0.25, -0.2) is 8.78 Å². The lowest BCUT2D eigenvalue weighted by molar-refractivity contribution is 0.102. The van der Waals surface area contributed by atoms with Crippen LogP contribution in [0.1, 0.15) is 42.5 Å². The predicted octanol–water partition coefficient (Wildman–Crippen LogP) is 5.15. The largest absolute Gasteiger partial charge is 0.322 e. The zero-order chi connectivity index (χ0) is 17.6. The van der Waals surface area contributed by atoms with Crippen molar-refractivity contribution in [3.05, 3.63) is 59.7 Å². The summed E-state index contributed by atoms with van der Waals surface area (Å²) in [6, 6.07) is 10.3. The van der Waals surface area contributed by atoms with Gasteiger partial charge in [-0.3, -0.25) is 9.52 Å². The first-order chi connectivity index (χ1) is 12.1. The second-order valence-corrected chi connectivity index (χ2v) is 7.07. The Morgan fingerprint density at radius 2 is 1.72 bits per heavy atom. The van der Waals surface area contributed by atoms with Gasteiger partial charge in [-0.2, -0.15) is 0 Å². The Kier molecular flexibility index (Phi) is 6.04. The average molecular weight is 362 g/mol. The molecule has 1 amide bonds. The summed E-state index contributed by atoms with van der Waals surface area (Å²) < 4.78 is 30.4. The van der Waals surface area contributed by atoms with Gasteiger partial charge in [0.15, 0.2) is 0 Å². The highest BCUT2D eigenvalue weighted by atomic mass is 32.2. The van der Waals surface area contributed by atoms with Crippen LogP contribution in [0.5, 0.6) is 0 Å². The van der Waals surface area contributed by atoms with Crippen molar-refractivity contribution in [1.29, 1.82) is 0 Å². The molecule has 1 saturated carbocycles. The van der Waals surface area contributed by atoms with E-state index in [0.717, 1.165) is 17.7 Å². The number of hydrogen-bond donors (Lipinski definition) is 2. The molecule has 0 atom stereocenters. The van der Waals surface area contributed by atoms with Crippen molar-refractivity contribution < 1.29 is 13.6 Å². The molecule has 3 nitrogen and oxygen atoms in total. The third-order valence-electron chi connectivity index (χ3n) is 4.23. The summed E-state index contributed by atoms with van der Waals surface area (Å²) >= 11 is 1.43. The Labute approximate surface area is 150 Å². The number of rotatable bonds is 5. The lowest BCUT2D eigenvalue weighted by Gasteiger charge is -2.22. The number of hydrogen-bond acceptors (Lipinski definition) is 3. The zero-order valence-corrected chi connectivity index (χ0v) is 14.5. The summed E-state index contributed by atoms with van der Waals surface area (Å²) in [4.78, 5) is 13.1. The van der Waals surface area contributed by atoms with Gasteiger partial charge in [0.1, 0.15) is 11.6 Å². The summed E-state index contributed by atoms with van der Waals surface area (Å²) in [5.41, 5.74) is 0.393. The van der Waals surface area contributed by atoms with Crippen molar-refractivity contribution in [2.45, 2.75) is 43.0 Å². The third-order valence-corrected chi connectivity index (χ3v) is 5.17. The minimum absolute atomic E-state index is 0.0280. The molecule has 2 aromatic carbocycles. The molecule has 0 bridgehead atoms. The SMILES string of the molecule is O=C(Nc1ccc(F)cc1)c1cc(SNC2CCCCC2)ccc1F. The summed E-state index contributed by atoms with van der Waals surface area (Å²) in [5.74, 6) is -1.53. The molecule has 2 aromatic rings. The maximum atomic E-state index is 14.0. The van der Waals surface area contributed by atoms with E-state index in [1.165, 1.54) is 67.6 Å². The quantitative estimate of drug-likeness (QED) is 0.723. The molecule has 1 aliphatic carbocycles. The summed E-state index contributed by atoms with van der Waals surface area (Å²) in [7, 11) is 0. The molecule has 0 saturated heterocycles. The van der Waals surface area contributed by atoms with Crippen LogP contribution in [-0.2, 0) is 0 Å². The number of carbonyl (C=O) groups is 1. The van der Waals surface area contributed by atoms with Crippen LogP contribution in [-0.4, -0.2) is 11.9 Å². The van der Waals surface area contributed by atoms with Gasteiger partial charge in [0.05, 0.1) is 5.56 Å². The Balaban J connectivity index is 1.65. The molecule has 0 heterocycles. The third kappa shape index (κ3) is 5.03. The molecule has 3 rings (SSSR count). The van der Waals surface area contributed by atoms with Gasteiger partial charge in [0.2, 0.25) is 0 Å². The second-order valence-electron chi connectivity index (χ2n) is 6.16.